The van der Waals surface area contributed by atoms with Crippen molar-refractivity contribution in [1.29, 1.82) is 0 Å². The van der Waals surface area contributed by atoms with E-state index in [1.807, 2.05) is 30.3 Å². The van der Waals surface area contributed by atoms with Crippen LogP contribution in [0.2, 0.25) is 0 Å². The highest BCUT2D eigenvalue weighted by molar-refractivity contribution is 5.82. The predicted molar refractivity (Wildman–Crippen MR) is 83.7 cm³/mol. The molecule has 0 bridgehead atoms. The van der Waals surface area contributed by atoms with Crippen LogP contribution in [0.25, 0.3) is 0 Å². The maximum absolute atomic E-state index is 12.3. The number of amides is 1. The maximum Gasteiger partial charge on any atom is 0.253 e. The lowest BCUT2D eigenvalue weighted by Crippen LogP contribution is -2.39. The molecule has 1 aromatic rings. The summed E-state index contributed by atoms with van der Waals surface area (Å²) < 4.78 is 5.35. The first-order valence-electron chi connectivity index (χ1n) is 7.81. The van der Waals surface area contributed by atoms with Crippen molar-refractivity contribution in [2.75, 3.05) is 20.2 Å². The smallest absolute Gasteiger partial charge is 0.253 e. The van der Waals surface area contributed by atoms with Gasteiger partial charge in [-0.15, -0.1) is 0 Å². The highest BCUT2D eigenvalue weighted by Gasteiger charge is 2.26. The van der Waals surface area contributed by atoms with Crippen LogP contribution in [0.5, 0.6) is 0 Å². The lowest BCUT2D eigenvalue weighted by atomic mass is 9.79. The average molecular weight is 290 g/mol. The number of carbonyl (C=O) groups excluding carboxylic acids is 1. The summed E-state index contributed by atoms with van der Waals surface area (Å²) in [6, 6.07) is 9.59. The molecular formula is C17H26N2O2. The van der Waals surface area contributed by atoms with E-state index >= 15 is 0 Å². The molecule has 116 valence electrons. The van der Waals surface area contributed by atoms with Crippen LogP contribution in [0.3, 0.4) is 0 Å². The van der Waals surface area contributed by atoms with E-state index in [0.717, 1.165) is 12.0 Å². The van der Waals surface area contributed by atoms with Crippen LogP contribution in [0.4, 0.5) is 0 Å². The molecule has 3 atom stereocenters. The van der Waals surface area contributed by atoms with Crippen molar-refractivity contribution in [2.45, 2.75) is 31.8 Å². The van der Waals surface area contributed by atoms with Gasteiger partial charge in [0, 0.05) is 13.7 Å². The highest BCUT2D eigenvalue weighted by Crippen LogP contribution is 2.29. The number of nitrogens with one attached hydrogen (secondary N) is 1. The summed E-state index contributed by atoms with van der Waals surface area (Å²) in [5.41, 5.74) is 6.73. The van der Waals surface area contributed by atoms with Gasteiger partial charge in [-0.05, 0) is 36.8 Å². The zero-order valence-corrected chi connectivity index (χ0v) is 12.8. The van der Waals surface area contributed by atoms with Crippen molar-refractivity contribution >= 4 is 5.91 Å². The molecule has 4 nitrogen and oxygen atoms in total. The monoisotopic (exact) mass is 290 g/mol. The number of ether oxygens (including phenoxy) is 1. The van der Waals surface area contributed by atoms with Crippen LogP contribution >= 0.6 is 0 Å². The van der Waals surface area contributed by atoms with E-state index < -0.39 is 6.10 Å². The summed E-state index contributed by atoms with van der Waals surface area (Å²) in [5.74, 6) is 0.975. The topological polar surface area (TPSA) is 64.3 Å². The summed E-state index contributed by atoms with van der Waals surface area (Å²) in [7, 11) is 1.57. The van der Waals surface area contributed by atoms with E-state index in [1.54, 1.807) is 7.11 Å². The number of methoxy groups -OCH3 is 1. The zero-order chi connectivity index (χ0) is 15.1. The Morgan fingerprint density at radius 1 is 1.29 bits per heavy atom. The van der Waals surface area contributed by atoms with Crippen molar-refractivity contribution < 1.29 is 9.53 Å². The van der Waals surface area contributed by atoms with Crippen LogP contribution in [0, 0.1) is 11.8 Å². The summed E-state index contributed by atoms with van der Waals surface area (Å²) in [4.78, 5) is 12.3. The standard InChI is InChI=1S/C17H26N2O2/c1-21-16(13-7-3-2-4-8-13)17(20)19-12-15-10-6-5-9-14(15)11-18/h2-4,7-8,14-16H,5-6,9-12,18H2,1H3,(H,19,20). The van der Waals surface area contributed by atoms with Crippen molar-refractivity contribution in [3.05, 3.63) is 35.9 Å². The third-order valence-corrected chi connectivity index (χ3v) is 4.48. The minimum atomic E-state index is -0.536. The third kappa shape index (κ3) is 4.29. The average Bonchev–Trinajstić information content (AvgIpc) is 2.55. The van der Waals surface area contributed by atoms with Gasteiger partial charge in [-0.3, -0.25) is 4.79 Å². The number of benzene rings is 1. The first kappa shape index (κ1) is 16.0. The first-order chi connectivity index (χ1) is 10.3. The highest BCUT2D eigenvalue weighted by atomic mass is 16.5. The lowest BCUT2D eigenvalue weighted by Gasteiger charge is -2.31. The fourth-order valence-electron chi connectivity index (χ4n) is 3.21. The Labute approximate surface area is 127 Å². The molecule has 0 aromatic heterocycles. The van der Waals surface area contributed by atoms with Gasteiger partial charge in [0.05, 0.1) is 0 Å². The molecule has 1 aromatic carbocycles. The predicted octanol–water partition coefficient (Wildman–Crippen LogP) is 2.26. The fourth-order valence-corrected chi connectivity index (χ4v) is 3.21. The third-order valence-electron chi connectivity index (χ3n) is 4.48. The molecule has 1 amide bonds. The Hall–Kier alpha value is -1.39. The molecule has 0 spiro atoms. The molecule has 21 heavy (non-hydrogen) atoms. The van der Waals surface area contributed by atoms with Crippen molar-refractivity contribution in [3.63, 3.8) is 0 Å². The molecule has 1 saturated carbocycles. The van der Waals surface area contributed by atoms with Crippen LogP contribution in [0.1, 0.15) is 37.4 Å². The molecule has 3 N–H and O–H groups in total. The van der Waals surface area contributed by atoms with E-state index in [-0.39, 0.29) is 5.91 Å². The summed E-state index contributed by atoms with van der Waals surface area (Å²) in [6.45, 7) is 1.42. The van der Waals surface area contributed by atoms with E-state index in [2.05, 4.69) is 5.32 Å². The molecule has 0 aliphatic heterocycles. The number of rotatable bonds is 6. The zero-order valence-electron chi connectivity index (χ0n) is 12.8. The minimum Gasteiger partial charge on any atom is -0.367 e. The van der Waals surface area contributed by atoms with Crippen molar-refractivity contribution in [1.82, 2.24) is 5.32 Å². The Kier molecular flexibility index (Phi) is 6.21. The quantitative estimate of drug-likeness (QED) is 0.844. The number of hydrogen-bond acceptors (Lipinski definition) is 3. The Morgan fingerprint density at radius 3 is 2.57 bits per heavy atom. The second kappa shape index (κ2) is 8.15. The molecule has 1 aliphatic rings. The summed E-state index contributed by atoms with van der Waals surface area (Å²) >= 11 is 0. The van der Waals surface area contributed by atoms with Gasteiger partial charge in [0.25, 0.3) is 5.91 Å². The SMILES string of the molecule is COC(C(=O)NCC1CCCCC1CN)c1ccccc1. The van der Waals surface area contributed by atoms with Gasteiger partial charge in [0.1, 0.15) is 0 Å². The molecule has 1 aliphatic carbocycles. The van der Waals surface area contributed by atoms with E-state index in [4.69, 9.17) is 10.5 Å². The molecule has 1 fully saturated rings. The molecule has 3 unspecified atom stereocenters. The second-order valence-electron chi connectivity index (χ2n) is 5.81. The Bertz CT molecular complexity index is 436. The molecule has 2 rings (SSSR count). The summed E-state index contributed by atoms with van der Waals surface area (Å²) in [5, 5.41) is 3.05. The summed E-state index contributed by atoms with van der Waals surface area (Å²) in [6.07, 6.45) is 4.31. The van der Waals surface area contributed by atoms with E-state index in [1.165, 1.54) is 19.3 Å². The number of hydrogen-bond donors (Lipinski definition) is 2. The van der Waals surface area contributed by atoms with E-state index in [0.29, 0.717) is 24.9 Å². The van der Waals surface area contributed by atoms with Gasteiger partial charge in [-0.25, -0.2) is 0 Å². The second-order valence-corrected chi connectivity index (χ2v) is 5.81. The van der Waals surface area contributed by atoms with Gasteiger partial charge in [0.15, 0.2) is 6.10 Å². The van der Waals surface area contributed by atoms with Crippen LogP contribution < -0.4 is 11.1 Å². The van der Waals surface area contributed by atoms with Gasteiger partial charge >= 0.3 is 0 Å². The molecule has 0 saturated heterocycles. The molecular weight excluding hydrogens is 264 g/mol. The first-order valence-corrected chi connectivity index (χ1v) is 7.81. The van der Waals surface area contributed by atoms with E-state index in [9.17, 15) is 4.79 Å². The molecule has 0 radical (unpaired) electrons. The Morgan fingerprint density at radius 2 is 1.95 bits per heavy atom. The van der Waals surface area contributed by atoms with Gasteiger partial charge in [0.2, 0.25) is 0 Å². The molecule has 4 heteroatoms. The minimum absolute atomic E-state index is 0.0648. The van der Waals surface area contributed by atoms with Gasteiger partial charge in [-0.1, -0.05) is 43.2 Å². The van der Waals surface area contributed by atoms with Crippen molar-refractivity contribution in [3.8, 4) is 0 Å². The van der Waals surface area contributed by atoms with Crippen LogP contribution in [0.15, 0.2) is 30.3 Å². The number of nitrogens with two attached hydrogens (primary N) is 1. The van der Waals surface area contributed by atoms with Gasteiger partial charge < -0.3 is 15.8 Å². The molecule has 0 heterocycles. The van der Waals surface area contributed by atoms with Gasteiger partial charge in [-0.2, -0.15) is 0 Å². The normalized spacial score (nSPS) is 23.5. The van der Waals surface area contributed by atoms with Crippen LogP contribution in [-0.2, 0) is 9.53 Å². The van der Waals surface area contributed by atoms with Crippen molar-refractivity contribution in [2.24, 2.45) is 17.6 Å². The maximum atomic E-state index is 12.3. The largest absolute Gasteiger partial charge is 0.367 e. The Balaban J connectivity index is 1.90. The fraction of sp³-hybridized carbons (Fsp3) is 0.588. The number of carbonyl (C=O) groups is 1. The lowest BCUT2D eigenvalue weighted by molar-refractivity contribution is -0.131. The van der Waals surface area contributed by atoms with Crippen LogP contribution in [-0.4, -0.2) is 26.1 Å².